The smallest absolute Gasteiger partial charge is 0.129 e. The first kappa shape index (κ1) is 9.84. The van der Waals surface area contributed by atoms with E-state index in [4.69, 9.17) is 12.2 Å². The van der Waals surface area contributed by atoms with Crippen LogP contribution in [0.4, 0.5) is 0 Å². The maximum atomic E-state index is 5.16. The fourth-order valence-electron chi connectivity index (χ4n) is 2.11. The summed E-state index contributed by atoms with van der Waals surface area (Å²) in [6.07, 6.45) is 6.22. The predicted molar refractivity (Wildman–Crippen MR) is 60.0 cm³/mol. The maximum Gasteiger partial charge on any atom is 0.129 e. The predicted octanol–water partition coefficient (Wildman–Crippen LogP) is 3.36. The molecule has 0 amide bonds. The van der Waals surface area contributed by atoms with Crippen LogP contribution in [0.5, 0.6) is 0 Å². The molecule has 14 heavy (non-hydrogen) atoms. The van der Waals surface area contributed by atoms with Gasteiger partial charge in [-0.2, -0.15) is 0 Å². The SMILES string of the molecule is CCc1cc(=S)nc(C2CCCC2)[nH]1. The molecule has 0 unspecified atom stereocenters. The third-order valence-corrected chi connectivity index (χ3v) is 3.15. The number of hydrogen-bond acceptors (Lipinski definition) is 2. The van der Waals surface area contributed by atoms with Crippen molar-refractivity contribution < 1.29 is 0 Å². The third kappa shape index (κ3) is 2.03. The summed E-state index contributed by atoms with van der Waals surface area (Å²) in [6.45, 7) is 2.14. The molecule has 0 spiro atoms. The maximum absolute atomic E-state index is 5.16. The van der Waals surface area contributed by atoms with Crippen LogP contribution in [0, 0.1) is 4.64 Å². The van der Waals surface area contributed by atoms with Gasteiger partial charge in [0.25, 0.3) is 0 Å². The molecule has 1 aliphatic carbocycles. The van der Waals surface area contributed by atoms with Gasteiger partial charge in [-0.25, -0.2) is 4.98 Å². The molecule has 1 aromatic rings. The van der Waals surface area contributed by atoms with Gasteiger partial charge >= 0.3 is 0 Å². The van der Waals surface area contributed by atoms with E-state index in [-0.39, 0.29) is 0 Å². The second-order valence-electron chi connectivity index (χ2n) is 3.96. The van der Waals surface area contributed by atoms with Crippen molar-refractivity contribution in [3.05, 3.63) is 22.2 Å². The van der Waals surface area contributed by atoms with Gasteiger partial charge in [-0.1, -0.05) is 32.0 Å². The highest BCUT2D eigenvalue weighted by Gasteiger charge is 2.18. The number of aromatic amines is 1. The Hall–Kier alpha value is -0.700. The number of nitrogens with one attached hydrogen (secondary N) is 1. The van der Waals surface area contributed by atoms with Crippen LogP contribution in [0.2, 0.25) is 0 Å². The lowest BCUT2D eigenvalue weighted by atomic mass is 10.1. The Morgan fingerprint density at radius 1 is 1.50 bits per heavy atom. The molecular formula is C11H16N2S. The monoisotopic (exact) mass is 208 g/mol. The quantitative estimate of drug-likeness (QED) is 0.755. The van der Waals surface area contributed by atoms with Crippen molar-refractivity contribution in [3.63, 3.8) is 0 Å². The minimum Gasteiger partial charge on any atom is -0.347 e. The summed E-state index contributed by atoms with van der Waals surface area (Å²) >= 11 is 5.16. The first-order chi connectivity index (χ1) is 6.79. The van der Waals surface area contributed by atoms with Crippen LogP contribution in [0.15, 0.2) is 6.07 Å². The van der Waals surface area contributed by atoms with Gasteiger partial charge in [0.05, 0.1) is 0 Å². The lowest BCUT2D eigenvalue weighted by Crippen LogP contribution is -2.03. The standard InChI is InChI=1S/C11H16N2S/c1-2-9-7-10(14)13-11(12-9)8-5-3-4-6-8/h7-8H,2-6H2,1H3,(H,12,13,14). The van der Waals surface area contributed by atoms with Gasteiger partial charge in [0.15, 0.2) is 0 Å². The van der Waals surface area contributed by atoms with Crippen LogP contribution in [-0.2, 0) is 6.42 Å². The fourth-order valence-corrected chi connectivity index (χ4v) is 2.35. The van der Waals surface area contributed by atoms with E-state index in [0.717, 1.165) is 16.9 Å². The molecule has 2 rings (SSSR count). The molecule has 1 N–H and O–H groups in total. The van der Waals surface area contributed by atoms with E-state index in [2.05, 4.69) is 16.9 Å². The van der Waals surface area contributed by atoms with E-state index in [9.17, 15) is 0 Å². The number of hydrogen-bond donors (Lipinski definition) is 1. The molecule has 0 atom stereocenters. The highest BCUT2D eigenvalue weighted by atomic mass is 32.1. The van der Waals surface area contributed by atoms with Crippen molar-refractivity contribution in [2.45, 2.75) is 44.9 Å². The minimum atomic E-state index is 0.628. The zero-order valence-corrected chi connectivity index (χ0v) is 9.36. The number of rotatable bonds is 2. The summed E-state index contributed by atoms with van der Waals surface area (Å²) in [6, 6.07) is 1.97. The third-order valence-electron chi connectivity index (χ3n) is 2.94. The van der Waals surface area contributed by atoms with Crippen molar-refractivity contribution >= 4 is 12.2 Å². The molecule has 1 fully saturated rings. The van der Waals surface area contributed by atoms with E-state index >= 15 is 0 Å². The van der Waals surface area contributed by atoms with Gasteiger partial charge in [-0.05, 0) is 25.3 Å². The second-order valence-corrected chi connectivity index (χ2v) is 4.38. The molecule has 1 heterocycles. The van der Waals surface area contributed by atoms with Gasteiger partial charge in [0, 0.05) is 11.6 Å². The van der Waals surface area contributed by atoms with Gasteiger partial charge in [0.1, 0.15) is 10.5 Å². The molecule has 1 aromatic heterocycles. The Labute approximate surface area is 89.8 Å². The molecule has 1 saturated carbocycles. The van der Waals surface area contributed by atoms with Crippen molar-refractivity contribution in [2.24, 2.45) is 0 Å². The van der Waals surface area contributed by atoms with Gasteiger partial charge in [-0.15, -0.1) is 0 Å². The zero-order valence-electron chi connectivity index (χ0n) is 8.55. The molecule has 2 nitrogen and oxygen atoms in total. The van der Waals surface area contributed by atoms with Crippen LogP contribution in [0.25, 0.3) is 0 Å². The molecule has 0 aliphatic heterocycles. The number of aryl methyl sites for hydroxylation is 1. The van der Waals surface area contributed by atoms with Gasteiger partial charge in [0.2, 0.25) is 0 Å². The lowest BCUT2D eigenvalue weighted by molar-refractivity contribution is 0.659. The van der Waals surface area contributed by atoms with Gasteiger partial charge in [-0.3, -0.25) is 0 Å². The van der Waals surface area contributed by atoms with Crippen LogP contribution >= 0.6 is 12.2 Å². The van der Waals surface area contributed by atoms with Crippen LogP contribution in [-0.4, -0.2) is 9.97 Å². The molecule has 0 saturated heterocycles. The molecule has 1 aliphatic rings. The summed E-state index contributed by atoms with van der Waals surface area (Å²) in [5, 5.41) is 0. The van der Waals surface area contributed by atoms with Crippen molar-refractivity contribution in [1.82, 2.24) is 9.97 Å². The summed E-state index contributed by atoms with van der Waals surface area (Å²) in [7, 11) is 0. The van der Waals surface area contributed by atoms with E-state index < -0.39 is 0 Å². The first-order valence-electron chi connectivity index (χ1n) is 5.39. The Morgan fingerprint density at radius 2 is 2.21 bits per heavy atom. The second kappa shape index (κ2) is 4.22. The molecule has 0 radical (unpaired) electrons. The summed E-state index contributed by atoms with van der Waals surface area (Å²) in [4.78, 5) is 7.82. The van der Waals surface area contributed by atoms with Gasteiger partial charge < -0.3 is 4.98 Å². The Morgan fingerprint density at radius 3 is 2.86 bits per heavy atom. The molecule has 3 heteroatoms. The van der Waals surface area contributed by atoms with E-state index in [0.29, 0.717) is 5.92 Å². The molecular weight excluding hydrogens is 192 g/mol. The first-order valence-corrected chi connectivity index (χ1v) is 5.80. The van der Waals surface area contributed by atoms with Crippen LogP contribution < -0.4 is 0 Å². The highest BCUT2D eigenvalue weighted by molar-refractivity contribution is 7.71. The number of aromatic nitrogens is 2. The van der Waals surface area contributed by atoms with E-state index in [1.165, 1.54) is 31.4 Å². The van der Waals surface area contributed by atoms with Crippen molar-refractivity contribution in [2.75, 3.05) is 0 Å². The van der Waals surface area contributed by atoms with E-state index in [1.54, 1.807) is 0 Å². The summed E-state index contributed by atoms with van der Waals surface area (Å²) in [5.74, 6) is 1.75. The Bertz CT molecular complexity index is 364. The van der Waals surface area contributed by atoms with Crippen LogP contribution in [0.1, 0.15) is 50.0 Å². The lowest BCUT2D eigenvalue weighted by Gasteiger charge is -2.09. The topological polar surface area (TPSA) is 28.7 Å². The fraction of sp³-hybridized carbons (Fsp3) is 0.636. The Kier molecular flexibility index (Phi) is 2.96. The largest absolute Gasteiger partial charge is 0.347 e. The Balaban J connectivity index is 2.32. The summed E-state index contributed by atoms with van der Waals surface area (Å²) in [5.41, 5.74) is 1.21. The van der Waals surface area contributed by atoms with Crippen molar-refractivity contribution in [1.29, 1.82) is 0 Å². The highest BCUT2D eigenvalue weighted by Crippen LogP contribution is 2.31. The average Bonchev–Trinajstić information content (AvgIpc) is 2.69. The average molecular weight is 208 g/mol. The number of H-pyrrole nitrogens is 1. The molecule has 0 bridgehead atoms. The minimum absolute atomic E-state index is 0.628. The number of nitrogens with zero attached hydrogens (tertiary/aromatic N) is 1. The van der Waals surface area contributed by atoms with Crippen molar-refractivity contribution in [3.8, 4) is 0 Å². The normalized spacial score (nSPS) is 17.5. The molecule has 76 valence electrons. The summed E-state index contributed by atoms with van der Waals surface area (Å²) < 4.78 is 0.738. The molecule has 0 aromatic carbocycles. The van der Waals surface area contributed by atoms with Crippen LogP contribution in [0.3, 0.4) is 0 Å². The zero-order chi connectivity index (χ0) is 9.97. The van der Waals surface area contributed by atoms with E-state index in [1.807, 2.05) is 6.07 Å².